The molecule has 150 valence electrons. The van der Waals surface area contributed by atoms with Crippen LogP contribution in [0.25, 0.3) is 5.57 Å². The lowest BCUT2D eigenvalue weighted by Gasteiger charge is -2.15. The zero-order valence-electron chi connectivity index (χ0n) is 16.2. The first kappa shape index (κ1) is 20.3. The molecular weight excluding hydrogens is 374 g/mol. The number of aliphatic hydroxyl groups is 1. The number of imide groups is 1. The number of carbonyl (C=O) groups is 3. The summed E-state index contributed by atoms with van der Waals surface area (Å²) in [5, 5.41) is 10.2. The van der Waals surface area contributed by atoms with Crippen molar-refractivity contribution in [2.24, 2.45) is 0 Å². The van der Waals surface area contributed by atoms with Gasteiger partial charge in [0.2, 0.25) is 0 Å². The number of esters is 1. The fraction of sp³-hybridized carbons (Fsp3) is 0.227. The normalized spacial score (nSPS) is 13.9. The van der Waals surface area contributed by atoms with Gasteiger partial charge in [0.25, 0.3) is 5.91 Å². The maximum absolute atomic E-state index is 12.8. The summed E-state index contributed by atoms with van der Waals surface area (Å²) in [6, 6.07) is 12.8. The van der Waals surface area contributed by atoms with Gasteiger partial charge in [-0.1, -0.05) is 29.8 Å². The van der Waals surface area contributed by atoms with E-state index >= 15 is 0 Å². The van der Waals surface area contributed by atoms with Gasteiger partial charge in [-0.2, -0.15) is 0 Å². The van der Waals surface area contributed by atoms with Gasteiger partial charge < -0.3 is 14.6 Å². The van der Waals surface area contributed by atoms with Crippen LogP contribution in [0, 0.1) is 6.92 Å². The molecule has 29 heavy (non-hydrogen) atoms. The fourth-order valence-electron chi connectivity index (χ4n) is 2.90. The number of anilines is 1. The van der Waals surface area contributed by atoms with Crippen molar-refractivity contribution in [3.8, 4) is 0 Å². The molecule has 0 aliphatic carbocycles. The van der Waals surface area contributed by atoms with Gasteiger partial charge in [-0.25, -0.2) is 9.69 Å². The van der Waals surface area contributed by atoms with Crippen LogP contribution in [-0.4, -0.2) is 42.7 Å². The average molecular weight is 395 g/mol. The Morgan fingerprint density at radius 3 is 2.24 bits per heavy atom. The van der Waals surface area contributed by atoms with E-state index in [1.54, 1.807) is 24.3 Å². The van der Waals surface area contributed by atoms with E-state index in [1.807, 2.05) is 13.8 Å². The zero-order valence-corrected chi connectivity index (χ0v) is 16.2. The second-order valence-electron chi connectivity index (χ2n) is 6.42. The Bertz CT molecular complexity index is 960. The molecule has 0 radical (unpaired) electrons. The monoisotopic (exact) mass is 395 g/mol. The molecule has 2 amide bonds. The first-order valence-corrected chi connectivity index (χ1v) is 9.18. The number of carbonyl (C=O) groups excluding carboxylic acids is 3. The van der Waals surface area contributed by atoms with Crippen molar-refractivity contribution in [1.29, 1.82) is 0 Å². The molecule has 7 nitrogen and oxygen atoms in total. The van der Waals surface area contributed by atoms with Gasteiger partial charge in [0.05, 0.1) is 23.4 Å². The number of ether oxygens (including phenoxy) is 2. The molecule has 0 saturated heterocycles. The second kappa shape index (κ2) is 8.70. The van der Waals surface area contributed by atoms with Crippen LogP contribution < -0.4 is 4.90 Å². The standard InChI is InChI=1S/C22H21NO6/c1-3-28-12-13-29-22(27)16-8-10-17(11-9-16)23-20(25)18(19(24)21(23)26)15-6-4-14(2)5-7-15/h4-11,24H,3,12-13H2,1-2H3. The fourth-order valence-corrected chi connectivity index (χ4v) is 2.90. The van der Waals surface area contributed by atoms with Gasteiger partial charge in [0, 0.05) is 6.61 Å². The van der Waals surface area contributed by atoms with E-state index in [9.17, 15) is 19.5 Å². The molecule has 0 bridgehead atoms. The van der Waals surface area contributed by atoms with Crippen LogP contribution in [-0.2, 0) is 19.1 Å². The molecule has 1 N–H and O–H groups in total. The number of hydrogen-bond acceptors (Lipinski definition) is 6. The van der Waals surface area contributed by atoms with E-state index in [0.717, 1.165) is 10.5 Å². The van der Waals surface area contributed by atoms with Gasteiger partial charge in [-0.05, 0) is 43.7 Å². The Balaban J connectivity index is 1.76. The van der Waals surface area contributed by atoms with Crippen molar-refractivity contribution in [1.82, 2.24) is 0 Å². The number of rotatable bonds is 7. The molecule has 0 spiro atoms. The highest BCUT2D eigenvalue weighted by molar-refractivity contribution is 6.44. The van der Waals surface area contributed by atoms with Crippen molar-refractivity contribution >= 4 is 29.0 Å². The molecule has 0 atom stereocenters. The van der Waals surface area contributed by atoms with Crippen molar-refractivity contribution in [3.05, 3.63) is 71.0 Å². The second-order valence-corrected chi connectivity index (χ2v) is 6.42. The maximum atomic E-state index is 12.8. The van der Waals surface area contributed by atoms with Crippen molar-refractivity contribution in [3.63, 3.8) is 0 Å². The highest BCUT2D eigenvalue weighted by atomic mass is 16.6. The zero-order chi connectivity index (χ0) is 21.0. The highest BCUT2D eigenvalue weighted by Crippen LogP contribution is 2.32. The molecule has 0 fully saturated rings. The average Bonchev–Trinajstić information content (AvgIpc) is 2.95. The molecule has 0 aromatic heterocycles. The minimum Gasteiger partial charge on any atom is -0.502 e. The lowest BCUT2D eigenvalue weighted by atomic mass is 10.0. The van der Waals surface area contributed by atoms with Crippen LogP contribution in [0.4, 0.5) is 5.69 Å². The summed E-state index contributed by atoms with van der Waals surface area (Å²) in [5.41, 5.74) is 1.93. The van der Waals surface area contributed by atoms with Crippen LogP contribution >= 0.6 is 0 Å². The Hall–Kier alpha value is -3.45. The number of benzene rings is 2. The van der Waals surface area contributed by atoms with Gasteiger partial charge >= 0.3 is 11.9 Å². The number of aliphatic hydroxyl groups excluding tert-OH is 1. The van der Waals surface area contributed by atoms with E-state index in [-0.39, 0.29) is 23.4 Å². The smallest absolute Gasteiger partial charge is 0.338 e. The lowest BCUT2D eigenvalue weighted by Crippen LogP contribution is -2.31. The molecule has 1 aliphatic heterocycles. The molecule has 2 aromatic rings. The van der Waals surface area contributed by atoms with E-state index in [1.165, 1.54) is 24.3 Å². The molecule has 7 heteroatoms. The summed E-state index contributed by atoms with van der Waals surface area (Å²) < 4.78 is 10.2. The van der Waals surface area contributed by atoms with Crippen molar-refractivity contribution < 1.29 is 29.0 Å². The van der Waals surface area contributed by atoms with E-state index < -0.39 is 23.5 Å². The summed E-state index contributed by atoms with van der Waals surface area (Å²) in [7, 11) is 0. The largest absolute Gasteiger partial charge is 0.502 e. The molecular formula is C22H21NO6. The number of aryl methyl sites for hydroxylation is 1. The van der Waals surface area contributed by atoms with Crippen molar-refractivity contribution in [2.75, 3.05) is 24.7 Å². The Morgan fingerprint density at radius 1 is 0.966 bits per heavy atom. The van der Waals surface area contributed by atoms with E-state index in [0.29, 0.717) is 18.8 Å². The third-order valence-electron chi connectivity index (χ3n) is 4.43. The number of amides is 2. The molecule has 1 heterocycles. The first-order valence-electron chi connectivity index (χ1n) is 9.18. The Morgan fingerprint density at radius 2 is 1.62 bits per heavy atom. The molecule has 1 aliphatic rings. The van der Waals surface area contributed by atoms with Crippen molar-refractivity contribution in [2.45, 2.75) is 13.8 Å². The summed E-state index contributed by atoms with van der Waals surface area (Å²) in [4.78, 5) is 38.2. The van der Waals surface area contributed by atoms with Crippen LogP contribution in [0.3, 0.4) is 0 Å². The minimum atomic E-state index is -0.808. The van der Waals surface area contributed by atoms with E-state index in [2.05, 4.69) is 0 Å². The Labute approximate surface area is 168 Å². The summed E-state index contributed by atoms with van der Waals surface area (Å²) >= 11 is 0. The molecule has 0 unspecified atom stereocenters. The predicted molar refractivity (Wildman–Crippen MR) is 106 cm³/mol. The summed E-state index contributed by atoms with van der Waals surface area (Å²) in [6.07, 6.45) is 0. The van der Waals surface area contributed by atoms with Crippen LogP contribution in [0.15, 0.2) is 54.3 Å². The van der Waals surface area contributed by atoms with Gasteiger partial charge in [0.1, 0.15) is 6.61 Å². The highest BCUT2D eigenvalue weighted by Gasteiger charge is 2.40. The molecule has 3 rings (SSSR count). The predicted octanol–water partition coefficient (Wildman–Crippen LogP) is 3.03. The first-order chi connectivity index (χ1) is 13.9. The lowest BCUT2D eigenvalue weighted by molar-refractivity contribution is -0.121. The van der Waals surface area contributed by atoms with Gasteiger partial charge in [-0.3, -0.25) is 9.59 Å². The van der Waals surface area contributed by atoms with Crippen LogP contribution in [0.2, 0.25) is 0 Å². The molecule has 2 aromatic carbocycles. The molecule has 0 saturated carbocycles. The topological polar surface area (TPSA) is 93.1 Å². The Kier molecular flexibility index (Phi) is 6.09. The third-order valence-corrected chi connectivity index (χ3v) is 4.43. The number of hydrogen-bond donors (Lipinski definition) is 1. The minimum absolute atomic E-state index is 0.0468. The van der Waals surface area contributed by atoms with Gasteiger partial charge in [-0.15, -0.1) is 0 Å². The third kappa shape index (κ3) is 4.20. The van der Waals surface area contributed by atoms with E-state index in [4.69, 9.17) is 9.47 Å². The quantitative estimate of drug-likeness (QED) is 0.440. The van der Waals surface area contributed by atoms with Gasteiger partial charge in [0.15, 0.2) is 5.76 Å². The summed E-state index contributed by atoms with van der Waals surface area (Å²) in [6.45, 7) is 4.72. The number of nitrogens with zero attached hydrogens (tertiary/aromatic N) is 1. The summed E-state index contributed by atoms with van der Waals surface area (Å²) in [5.74, 6) is -2.56. The SMILES string of the molecule is CCOCCOC(=O)c1ccc(N2C(=O)C(O)=C(c3ccc(C)cc3)C2=O)cc1. The maximum Gasteiger partial charge on any atom is 0.338 e. The van der Waals surface area contributed by atoms with Crippen LogP contribution in [0.5, 0.6) is 0 Å². The van der Waals surface area contributed by atoms with Crippen LogP contribution in [0.1, 0.15) is 28.4 Å².